The lowest BCUT2D eigenvalue weighted by Gasteiger charge is -2.53. The fourth-order valence-corrected chi connectivity index (χ4v) is 5.31. The minimum absolute atomic E-state index is 0.0885. The molecule has 0 spiro atoms. The van der Waals surface area contributed by atoms with Gasteiger partial charge in [0.25, 0.3) is 0 Å². The highest BCUT2D eigenvalue weighted by Crippen LogP contribution is 2.68. The summed E-state index contributed by atoms with van der Waals surface area (Å²) in [6.45, 7) is -1.17. The van der Waals surface area contributed by atoms with Crippen LogP contribution in [0.3, 0.4) is 0 Å². The fourth-order valence-electron chi connectivity index (χ4n) is 5.31. The first-order valence-corrected chi connectivity index (χ1v) is 8.97. The zero-order valence-corrected chi connectivity index (χ0v) is 15.1. The van der Waals surface area contributed by atoms with Crippen LogP contribution in [0.15, 0.2) is 48.5 Å². The summed E-state index contributed by atoms with van der Waals surface area (Å²) in [5.74, 6) is -1.77. The predicted molar refractivity (Wildman–Crippen MR) is 96.3 cm³/mol. The molecule has 0 radical (unpaired) electrons. The molecule has 1 saturated heterocycles. The van der Waals surface area contributed by atoms with E-state index >= 15 is 0 Å². The molecule has 2 aromatic carbocycles. The van der Waals surface area contributed by atoms with Crippen LogP contribution in [-0.4, -0.2) is 38.3 Å². The molecular formula is C22H20O5. The number of hydrogen-bond acceptors (Lipinski definition) is 5. The number of ether oxygens (including phenoxy) is 3. The fraction of sp³-hybridized carbons (Fsp3) is 0.364. The number of epoxide rings is 1. The van der Waals surface area contributed by atoms with Gasteiger partial charge in [-0.2, -0.15) is 0 Å². The molecule has 4 aliphatic rings. The van der Waals surface area contributed by atoms with Gasteiger partial charge in [-0.1, -0.05) is 48.5 Å². The van der Waals surface area contributed by atoms with E-state index in [1.807, 2.05) is 36.4 Å². The Bertz CT molecular complexity index is 956. The first-order chi connectivity index (χ1) is 13.5. The molecule has 2 bridgehead atoms. The monoisotopic (exact) mass is 365 g/mol. The van der Waals surface area contributed by atoms with Crippen LogP contribution in [0.1, 0.15) is 41.9 Å². The number of carbonyl (C=O) groups excluding carboxylic acids is 2. The van der Waals surface area contributed by atoms with Gasteiger partial charge in [0.1, 0.15) is 5.41 Å². The van der Waals surface area contributed by atoms with E-state index in [0.29, 0.717) is 6.42 Å². The second-order valence-electron chi connectivity index (χ2n) is 7.37. The molecule has 2 aromatic rings. The molecule has 138 valence electrons. The lowest BCUT2D eigenvalue weighted by atomic mass is 9.48. The molecule has 0 N–H and O–H groups in total. The van der Waals surface area contributed by atoms with Crippen LogP contribution in [-0.2, 0) is 23.8 Å². The number of esters is 2. The van der Waals surface area contributed by atoms with Gasteiger partial charge >= 0.3 is 11.9 Å². The van der Waals surface area contributed by atoms with Gasteiger partial charge in [0.15, 0.2) is 0 Å². The van der Waals surface area contributed by atoms with Crippen LogP contribution < -0.4 is 0 Å². The van der Waals surface area contributed by atoms with E-state index in [2.05, 4.69) is 12.1 Å². The molecular weight excluding hydrogens is 344 g/mol. The van der Waals surface area contributed by atoms with Crippen molar-refractivity contribution in [3.63, 3.8) is 0 Å². The molecule has 1 heterocycles. The lowest BCUT2D eigenvalue weighted by Crippen LogP contribution is -2.59. The van der Waals surface area contributed by atoms with Crippen molar-refractivity contribution in [3.8, 4) is 0 Å². The number of fused-ring (bicyclic) bond motifs is 1. The van der Waals surface area contributed by atoms with Gasteiger partial charge in [-0.15, -0.1) is 0 Å². The van der Waals surface area contributed by atoms with Gasteiger partial charge in [0, 0.05) is 11.8 Å². The van der Waals surface area contributed by atoms with Crippen molar-refractivity contribution in [2.45, 2.75) is 23.9 Å². The summed E-state index contributed by atoms with van der Waals surface area (Å²) in [5.41, 5.74) is 1.23. The van der Waals surface area contributed by atoms with E-state index < -0.39 is 35.5 Å². The molecule has 27 heavy (non-hydrogen) atoms. The van der Waals surface area contributed by atoms with Crippen molar-refractivity contribution in [2.24, 2.45) is 5.41 Å². The predicted octanol–water partition coefficient (Wildman–Crippen LogP) is 2.77. The molecule has 0 saturated carbocycles. The number of rotatable bonds is 3. The highest BCUT2D eigenvalue weighted by molar-refractivity contribution is 5.95. The first-order valence-electron chi connectivity index (χ1n) is 9.55. The third-order valence-electron chi connectivity index (χ3n) is 6.44. The Morgan fingerprint density at radius 3 is 1.89 bits per heavy atom. The highest BCUT2D eigenvalue weighted by Gasteiger charge is 2.77. The summed E-state index contributed by atoms with van der Waals surface area (Å²) in [4.78, 5) is 26.2. The van der Waals surface area contributed by atoms with Crippen LogP contribution in [0, 0.1) is 5.41 Å². The molecule has 3 atom stereocenters. The van der Waals surface area contributed by atoms with Crippen LogP contribution in [0.2, 0.25) is 0 Å². The second-order valence-corrected chi connectivity index (χ2v) is 7.37. The molecule has 6 rings (SSSR count). The lowest BCUT2D eigenvalue weighted by molar-refractivity contribution is -0.172. The Hall–Kier alpha value is -2.66. The molecule has 1 aliphatic heterocycles. The normalized spacial score (nSPS) is 35.5. The van der Waals surface area contributed by atoms with Gasteiger partial charge in [0.2, 0.25) is 5.60 Å². The van der Waals surface area contributed by atoms with E-state index in [4.69, 9.17) is 15.6 Å². The van der Waals surface area contributed by atoms with E-state index in [1.54, 1.807) is 0 Å². The van der Waals surface area contributed by atoms with Crippen LogP contribution in [0.5, 0.6) is 0 Å². The molecule has 1 fully saturated rings. The molecule has 5 heteroatoms. The van der Waals surface area contributed by atoms with Crippen molar-refractivity contribution in [3.05, 3.63) is 70.8 Å². The Kier molecular flexibility index (Phi) is 3.09. The zero-order valence-electron chi connectivity index (χ0n) is 16.1. The Balaban J connectivity index is 1.84. The minimum atomic E-state index is -1.67. The summed E-state index contributed by atoms with van der Waals surface area (Å²) in [6.07, 6.45) is 0.336. The van der Waals surface area contributed by atoms with Crippen molar-refractivity contribution >= 4 is 11.9 Å². The van der Waals surface area contributed by atoms with Gasteiger partial charge in [-0.05, 0) is 28.7 Å². The van der Waals surface area contributed by atoms with E-state index in [-0.39, 0.29) is 5.92 Å². The van der Waals surface area contributed by atoms with Crippen LogP contribution in [0.4, 0.5) is 0 Å². The van der Waals surface area contributed by atoms with Gasteiger partial charge in [0.05, 0.1) is 22.2 Å². The van der Waals surface area contributed by atoms with Gasteiger partial charge < -0.3 is 14.2 Å². The van der Waals surface area contributed by atoms with Gasteiger partial charge in [-0.25, -0.2) is 4.79 Å². The summed E-state index contributed by atoms with van der Waals surface area (Å²) in [5, 5.41) is 0. The average Bonchev–Trinajstić information content (AvgIpc) is 3.44. The summed E-state index contributed by atoms with van der Waals surface area (Å²) < 4.78 is 24.1. The van der Waals surface area contributed by atoms with Crippen molar-refractivity contribution in [1.29, 1.82) is 0 Å². The maximum atomic E-state index is 13.4. The van der Waals surface area contributed by atoms with E-state index in [0.717, 1.165) is 22.3 Å². The highest BCUT2D eigenvalue weighted by atomic mass is 16.6. The summed E-state index contributed by atoms with van der Waals surface area (Å²) >= 11 is 0. The van der Waals surface area contributed by atoms with Crippen molar-refractivity contribution in [1.82, 2.24) is 0 Å². The molecule has 2 unspecified atom stereocenters. The Morgan fingerprint density at radius 1 is 0.963 bits per heavy atom. The maximum Gasteiger partial charge on any atom is 0.341 e. The zero-order chi connectivity index (χ0) is 19.7. The van der Waals surface area contributed by atoms with Gasteiger partial charge in [-0.3, -0.25) is 4.79 Å². The maximum absolute atomic E-state index is 13.4. The van der Waals surface area contributed by atoms with Crippen LogP contribution in [0.25, 0.3) is 0 Å². The Morgan fingerprint density at radius 2 is 1.44 bits per heavy atom. The standard InChI is InChI=1S/C22H20O5/c1-25-19(23)21(22(12-27-22)20(24)26-2)11-17-13-7-3-5-9-15(13)18(21)16-10-6-4-8-14(16)17/h3-10,17-18H,11-12H2,1-2H3/t17?,18?,21?,22-/m0/s1/i12D/t12?,17?,18?,21?,22-. The number of hydrogen-bond donors (Lipinski definition) is 0. The van der Waals surface area contributed by atoms with Crippen molar-refractivity contribution < 1.29 is 25.2 Å². The minimum Gasteiger partial charge on any atom is -0.468 e. The van der Waals surface area contributed by atoms with E-state index in [1.165, 1.54) is 14.2 Å². The molecule has 0 aromatic heterocycles. The average molecular weight is 365 g/mol. The van der Waals surface area contributed by atoms with Crippen LogP contribution >= 0.6 is 0 Å². The second kappa shape index (κ2) is 5.42. The van der Waals surface area contributed by atoms with Crippen molar-refractivity contribution in [2.75, 3.05) is 20.8 Å². The Labute approximate surface area is 158 Å². The molecule has 0 amide bonds. The molecule has 5 nitrogen and oxygen atoms in total. The molecule has 3 aliphatic carbocycles. The van der Waals surface area contributed by atoms with E-state index in [9.17, 15) is 9.59 Å². The number of carbonyl (C=O) groups is 2. The summed E-state index contributed by atoms with van der Waals surface area (Å²) in [6, 6.07) is 16.0. The SMILES string of the molecule is [2H]C1O[C@@]1(C(=O)OC)C1(C(=O)OC)CC2c3ccccc3C1c1ccccc12. The number of methoxy groups -OCH3 is 2. The topological polar surface area (TPSA) is 65.1 Å². The third kappa shape index (κ3) is 1.82. The quantitative estimate of drug-likeness (QED) is 0.618. The third-order valence-corrected chi connectivity index (χ3v) is 6.44. The summed E-state index contributed by atoms with van der Waals surface area (Å²) in [7, 11) is 2.57. The number of benzene rings is 2. The first kappa shape index (κ1) is 15.4. The smallest absolute Gasteiger partial charge is 0.341 e. The largest absolute Gasteiger partial charge is 0.468 e.